The number of amides is 1. The maximum Gasteiger partial charge on any atom is 0.222 e. The highest BCUT2D eigenvalue weighted by molar-refractivity contribution is 5.76. The Morgan fingerprint density at radius 3 is 1.00 bits per heavy atom. The van der Waals surface area contributed by atoms with E-state index in [4.69, 9.17) is 0 Å². The number of hydrogen-bond donors (Lipinski definition) is 4. The molecule has 0 saturated carbocycles. The maximum atomic E-state index is 12.5. The molecule has 0 saturated heterocycles. The summed E-state index contributed by atoms with van der Waals surface area (Å²) in [5.41, 5.74) is 0. The first kappa shape index (κ1) is 59.8. The van der Waals surface area contributed by atoms with Gasteiger partial charge in [0, 0.05) is 0 Å². The molecule has 0 spiro atoms. The number of hydrogen-bond acceptors (Lipinski definition) is 4. The summed E-state index contributed by atoms with van der Waals surface area (Å²) in [6.07, 6.45) is 65.0. The highest BCUT2D eigenvalue weighted by atomic mass is 16.3. The van der Waals surface area contributed by atoms with Crippen LogP contribution in [0, 0.1) is 0 Å². The molecule has 5 nitrogen and oxygen atoms in total. The molecular formula is C56H109NO4. The number of allylic oxidation sites excluding steroid dienone is 3. The van der Waals surface area contributed by atoms with Gasteiger partial charge in [0.05, 0.1) is 31.3 Å². The fraction of sp³-hybridized carbons (Fsp3) is 0.911. The topological polar surface area (TPSA) is 89.8 Å². The number of carbonyl (C=O) groups excluding carboxylic acids is 1. The molecule has 0 bridgehead atoms. The van der Waals surface area contributed by atoms with Crippen molar-refractivity contribution in [2.75, 3.05) is 6.61 Å². The summed E-state index contributed by atoms with van der Waals surface area (Å²) in [6, 6.07) is -0.743. The normalized spacial score (nSPS) is 13.5. The lowest BCUT2D eigenvalue weighted by molar-refractivity contribution is -0.124. The zero-order valence-corrected chi connectivity index (χ0v) is 41.3. The van der Waals surface area contributed by atoms with Crippen LogP contribution < -0.4 is 5.32 Å². The number of carbonyl (C=O) groups is 1. The van der Waals surface area contributed by atoms with Crippen LogP contribution >= 0.6 is 0 Å². The molecule has 0 aromatic heterocycles. The van der Waals surface area contributed by atoms with Crippen LogP contribution in [0.3, 0.4) is 0 Å². The van der Waals surface area contributed by atoms with Crippen molar-refractivity contribution in [3.05, 3.63) is 24.3 Å². The Kier molecular flexibility index (Phi) is 50.5. The van der Waals surface area contributed by atoms with Gasteiger partial charge in [0.25, 0.3) is 0 Å². The van der Waals surface area contributed by atoms with Gasteiger partial charge in [-0.1, -0.05) is 276 Å². The number of aliphatic hydroxyl groups excluding tert-OH is 3. The Hall–Kier alpha value is -1.17. The minimum atomic E-state index is -0.928. The highest BCUT2D eigenvalue weighted by Crippen LogP contribution is 2.17. The molecule has 4 N–H and O–H groups in total. The van der Waals surface area contributed by atoms with E-state index in [9.17, 15) is 20.1 Å². The summed E-state index contributed by atoms with van der Waals surface area (Å²) in [5.74, 6) is -0.311. The molecule has 0 radical (unpaired) electrons. The molecule has 0 aliphatic carbocycles. The van der Waals surface area contributed by atoms with Gasteiger partial charge < -0.3 is 20.6 Å². The third-order valence-electron chi connectivity index (χ3n) is 13.0. The van der Waals surface area contributed by atoms with Gasteiger partial charge in [-0.2, -0.15) is 0 Å². The maximum absolute atomic E-state index is 12.5. The Balaban J connectivity index is 3.56. The van der Waals surface area contributed by atoms with E-state index in [1.54, 1.807) is 6.08 Å². The molecule has 0 aliphatic heterocycles. The summed E-state index contributed by atoms with van der Waals surface area (Å²) in [5, 5.41) is 33.4. The zero-order chi connectivity index (χ0) is 44.4. The number of nitrogens with one attached hydrogen (secondary N) is 1. The van der Waals surface area contributed by atoms with Crippen molar-refractivity contribution in [2.24, 2.45) is 0 Å². The van der Waals surface area contributed by atoms with Crippen molar-refractivity contribution in [3.63, 3.8) is 0 Å². The smallest absolute Gasteiger partial charge is 0.222 e. The van der Waals surface area contributed by atoms with Crippen molar-refractivity contribution in [3.8, 4) is 0 Å². The van der Waals surface area contributed by atoms with E-state index in [0.29, 0.717) is 6.42 Å². The molecule has 362 valence electrons. The van der Waals surface area contributed by atoms with E-state index in [2.05, 4.69) is 31.3 Å². The molecule has 61 heavy (non-hydrogen) atoms. The van der Waals surface area contributed by atoms with Crippen LogP contribution in [0.2, 0.25) is 0 Å². The van der Waals surface area contributed by atoms with E-state index >= 15 is 0 Å². The molecule has 0 aliphatic rings. The van der Waals surface area contributed by atoms with Crippen LogP contribution in [-0.2, 0) is 4.79 Å². The van der Waals surface area contributed by atoms with E-state index in [1.165, 1.54) is 250 Å². The molecule has 0 heterocycles. The number of aliphatic hydroxyl groups is 3. The van der Waals surface area contributed by atoms with Gasteiger partial charge in [0.15, 0.2) is 0 Å². The van der Waals surface area contributed by atoms with E-state index in [0.717, 1.165) is 25.7 Å². The summed E-state index contributed by atoms with van der Waals surface area (Å²) in [7, 11) is 0. The first-order chi connectivity index (χ1) is 30.0. The van der Waals surface area contributed by atoms with Gasteiger partial charge in [-0.25, -0.2) is 0 Å². The standard InChI is InChI=1S/C56H109NO4/c1-3-5-7-9-11-13-15-17-19-21-23-24-25-26-27-28-29-30-32-33-35-37-39-41-43-45-47-49-53(59)51-56(61)57-54(52-58)55(60)50-48-46-44-42-40-38-36-34-31-22-20-18-16-14-12-10-8-6-4-2/h26-27,48,50,53-55,58-60H,3-25,28-47,49,51-52H2,1-2H3,(H,57,61)/b27-26-,50-48+. The average Bonchev–Trinajstić information content (AvgIpc) is 3.25. The predicted molar refractivity (Wildman–Crippen MR) is 268 cm³/mol. The minimum absolute atomic E-state index is 0.0158. The lowest BCUT2D eigenvalue weighted by Gasteiger charge is -2.21. The van der Waals surface area contributed by atoms with Crippen LogP contribution in [0.4, 0.5) is 0 Å². The zero-order valence-electron chi connectivity index (χ0n) is 41.3. The molecule has 5 heteroatoms. The van der Waals surface area contributed by atoms with Crippen molar-refractivity contribution in [1.29, 1.82) is 0 Å². The first-order valence-electron chi connectivity index (χ1n) is 27.6. The van der Waals surface area contributed by atoms with Crippen LogP contribution in [0.15, 0.2) is 24.3 Å². The molecule has 3 atom stereocenters. The Morgan fingerprint density at radius 1 is 0.410 bits per heavy atom. The monoisotopic (exact) mass is 860 g/mol. The molecular weight excluding hydrogens is 751 g/mol. The van der Waals surface area contributed by atoms with Gasteiger partial charge in [0.2, 0.25) is 5.91 Å². The summed E-state index contributed by atoms with van der Waals surface area (Å²) >= 11 is 0. The molecule has 3 unspecified atom stereocenters. The van der Waals surface area contributed by atoms with E-state index < -0.39 is 18.2 Å². The molecule has 0 aromatic carbocycles. The van der Waals surface area contributed by atoms with E-state index in [-0.39, 0.29) is 18.9 Å². The molecule has 0 rings (SSSR count). The molecule has 0 fully saturated rings. The van der Waals surface area contributed by atoms with Crippen molar-refractivity contribution in [1.82, 2.24) is 5.32 Å². The van der Waals surface area contributed by atoms with E-state index in [1.807, 2.05) is 6.08 Å². The number of rotatable bonds is 51. The van der Waals surface area contributed by atoms with Crippen LogP contribution in [-0.4, -0.2) is 46.1 Å². The second-order valence-electron chi connectivity index (χ2n) is 19.2. The highest BCUT2D eigenvalue weighted by Gasteiger charge is 2.20. The van der Waals surface area contributed by atoms with Gasteiger partial charge in [0.1, 0.15) is 0 Å². The lowest BCUT2D eigenvalue weighted by atomic mass is 10.0. The van der Waals surface area contributed by atoms with Gasteiger partial charge >= 0.3 is 0 Å². The second kappa shape index (κ2) is 51.5. The summed E-state index contributed by atoms with van der Waals surface area (Å²) in [4.78, 5) is 12.5. The third-order valence-corrected chi connectivity index (χ3v) is 13.0. The Bertz CT molecular complexity index is 905. The minimum Gasteiger partial charge on any atom is -0.394 e. The third kappa shape index (κ3) is 48.1. The average molecular weight is 860 g/mol. The van der Waals surface area contributed by atoms with Crippen molar-refractivity contribution < 1.29 is 20.1 Å². The fourth-order valence-corrected chi connectivity index (χ4v) is 8.75. The number of unbranched alkanes of at least 4 members (excludes halogenated alkanes) is 40. The largest absolute Gasteiger partial charge is 0.394 e. The molecule has 0 aromatic rings. The van der Waals surface area contributed by atoms with Gasteiger partial charge in [-0.05, 0) is 44.9 Å². The summed E-state index contributed by atoms with van der Waals surface area (Å²) < 4.78 is 0. The second-order valence-corrected chi connectivity index (χ2v) is 19.2. The Labute approximate surface area is 382 Å². The van der Waals surface area contributed by atoms with Crippen molar-refractivity contribution >= 4 is 5.91 Å². The Morgan fingerprint density at radius 2 is 0.689 bits per heavy atom. The molecule has 1 amide bonds. The summed E-state index contributed by atoms with van der Waals surface area (Å²) in [6.45, 7) is 4.25. The fourth-order valence-electron chi connectivity index (χ4n) is 8.75. The van der Waals surface area contributed by atoms with Crippen molar-refractivity contribution in [2.45, 2.75) is 321 Å². The predicted octanol–water partition coefficient (Wildman–Crippen LogP) is 16.9. The SMILES string of the molecule is CCCCCCCCCCCCCC/C=C\CCCCCCCCCCCCCC(O)CC(=O)NC(CO)C(O)/C=C/CCCCCCCCCCCCCCCCCCC. The van der Waals surface area contributed by atoms with Crippen LogP contribution in [0.5, 0.6) is 0 Å². The quantitative estimate of drug-likeness (QED) is 0.0362. The lowest BCUT2D eigenvalue weighted by Crippen LogP contribution is -2.45. The van der Waals surface area contributed by atoms with Gasteiger partial charge in [-0.3, -0.25) is 4.79 Å². The van der Waals surface area contributed by atoms with Crippen LogP contribution in [0.25, 0.3) is 0 Å². The first-order valence-corrected chi connectivity index (χ1v) is 27.6. The van der Waals surface area contributed by atoms with Gasteiger partial charge in [-0.15, -0.1) is 0 Å². The van der Waals surface area contributed by atoms with Crippen LogP contribution in [0.1, 0.15) is 303 Å².